The molecule has 0 saturated heterocycles. The minimum atomic E-state index is -0.807. The molecule has 0 saturated carbocycles. The van der Waals surface area contributed by atoms with E-state index in [0.717, 1.165) is 12.1 Å². The van der Waals surface area contributed by atoms with E-state index in [4.69, 9.17) is 0 Å². The quantitative estimate of drug-likeness (QED) is 0.938. The molecule has 0 aliphatic heterocycles. The second-order valence-electron chi connectivity index (χ2n) is 4.13. The van der Waals surface area contributed by atoms with Crippen molar-refractivity contribution in [2.75, 3.05) is 24.3 Å². The summed E-state index contributed by atoms with van der Waals surface area (Å²) in [5.74, 6) is -2.12. The molecular weight excluding hydrogens is 264 g/mol. The number of rotatable bonds is 3. The van der Waals surface area contributed by atoms with Crippen LogP contribution < -0.4 is 10.2 Å². The van der Waals surface area contributed by atoms with Gasteiger partial charge >= 0.3 is 0 Å². The standard InChI is InChI=1S/C14H13F2N3O/c1-17-13-11(15)7-9(8-12(13)16)14(20)19(2)10-3-5-18-6-4-10/h3-8,17H,1-2H3. The number of nitrogens with zero attached hydrogens (tertiary/aromatic N) is 2. The zero-order valence-corrected chi connectivity index (χ0v) is 11.0. The predicted octanol–water partition coefficient (Wildman–Crippen LogP) is 2.68. The van der Waals surface area contributed by atoms with Crippen LogP contribution in [0.3, 0.4) is 0 Å². The third-order valence-electron chi connectivity index (χ3n) is 2.89. The molecule has 1 amide bonds. The molecule has 2 aromatic rings. The lowest BCUT2D eigenvalue weighted by atomic mass is 10.1. The summed E-state index contributed by atoms with van der Waals surface area (Å²) in [6.45, 7) is 0. The third-order valence-corrected chi connectivity index (χ3v) is 2.89. The molecule has 0 radical (unpaired) electrons. The first-order valence-corrected chi connectivity index (χ1v) is 5.89. The van der Waals surface area contributed by atoms with Crippen LogP contribution in [-0.4, -0.2) is 25.0 Å². The zero-order chi connectivity index (χ0) is 14.7. The number of anilines is 2. The maximum Gasteiger partial charge on any atom is 0.258 e. The van der Waals surface area contributed by atoms with Crippen LogP contribution in [0.2, 0.25) is 0 Å². The predicted molar refractivity (Wildman–Crippen MR) is 72.9 cm³/mol. The van der Waals surface area contributed by atoms with Gasteiger partial charge in [-0.2, -0.15) is 0 Å². The van der Waals surface area contributed by atoms with Crippen molar-refractivity contribution in [1.29, 1.82) is 0 Å². The molecule has 0 atom stereocenters. The summed E-state index contributed by atoms with van der Waals surface area (Å²) in [7, 11) is 2.94. The molecule has 0 spiro atoms. The Morgan fingerprint density at radius 3 is 2.25 bits per heavy atom. The van der Waals surface area contributed by atoms with Crippen molar-refractivity contribution in [3.05, 3.63) is 53.9 Å². The Kier molecular flexibility index (Phi) is 3.93. The van der Waals surface area contributed by atoms with Crippen LogP contribution in [0.1, 0.15) is 10.4 Å². The highest BCUT2D eigenvalue weighted by atomic mass is 19.1. The summed E-state index contributed by atoms with van der Waals surface area (Å²) >= 11 is 0. The third kappa shape index (κ3) is 2.59. The zero-order valence-electron chi connectivity index (χ0n) is 11.0. The topological polar surface area (TPSA) is 45.2 Å². The van der Waals surface area contributed by atoms with Crippen molar-refractivity contribution in [3.8, 4) is 0 Å². The Bertz CT molecular complexity index is 609. The van der Waals surface area contributed by atoms with E-state index in [9.17, 15) is 13.6 Å². The normalized spacial score (nSPS) is 10.2. The Hall–Kier alpha value is -2.50. The Balaban J connectivity index is 2.35. The molecule has 0 unspecified atom stereocenters. The van der Waals surface area contributed by atoms with Gasteiger partial charge in [-0.25, -0.2) is 8.78 Å². The molecule has 6 heteroatoms. The number of carbonyl (C=O) groups excluding carboxylic acids is 1. The second-order valence-corrected chi connectivity index (χ2v) is 4.13. The van der Waals surface area contributed by atoms with Crippen molar-refractivity contribution in [2.45, 2.75) is 0 Å². The van der Waals surface area contributed by atoms with Gasteiger partial charge in [-0.05, 0) is 24.3 Å². The van der Waals surface area contributed by atoms with Gasteiger partial charge in [0.05, 0.1) is 0 Å². The van der Waals surface area contributed by atoms with E-state index >= 15 is 0 Å². The fourth-order valence-corrected chi connectivity index (χ4v) is 1.81. The molecule has 20 heavy (non-hydrogen) atoms. The first-order valence-electron chi connectivity index (χ1n) is 5.89. The minimum Gasteiger partial charge on any atom is -0.383 e. The number of pyridine rings is 1. The van der Waals surface area contributed by atoms with Crippen LogP contribution in [0, 0.1) is 11.6 Å². The molecule has 1 heterocycles. The van der Waals surface area contributed by atoms with Crippen LogP contribution in [-0.2, 0) is 0 Å². The summed E-state index contributed by atoms with van der Waals surface area (Å²) in [6, 6.07) is 5.28. The highest BCUT2D eigenvalue weighted by Crippen LogP contribution is 2.22. The maximum atomic E-state index is 13.7. The van der Waals surface area contributed by atoms with Gasteiger partial charge in [0.1, 0.15) is 17.3 Å². The maximum absolute atomic E-state index is 13.7. The Labute approximate surface area is 115 Å². The van der Waals surface area contributed by atoms with Gasteiger partial charge in [0.25, 0.3) is 5.91 Å². The average molecular weight is 277 g/mol. The molecule has 0 bridgehead atoms. The van der Waals surface area contributed by atoms with E-state index in [0.29, 0.717) is 5.69 Å². The van der Waals surface area contributed by atoms with Gasteiger partial charge in [0, 0.05) is 37.7 Å². The smallest absolute Gasteiger partial charge is 0.258 e. The first-order chi connectivity index (χ1) is 9.54. The van der Waals surface area contributed by atoms with E-state index < -0.39 is 17.5 Å². The van der Waals surface area contributed by atoms with Crippen molar-refractivity contribution in [3.63, 3.8) is 0 Å². The van der Waals surface area contributed by atoms with Crippen LogP contribution in [0.25, 0.3) is 0 Å². The minimum absolute atomic E-state index is 0.0571. The van der Waals surface area contributed by atoms with E-state index in [-0.39, 0.29) is 11.3 Å². The van der Waals surface area contributed by atoms with Crippen molar-refractivity contribution < 1.29 is 13.6 Å². The number of nitrogens with one attached hydrogen (secondary N) is 1. The number of benzene rings is 1. The summed E-state index contributed by atoms with van der Waals surface area (Å²) in [4.78, 5) is 17.3. The number of hydrogen-bond donors (Lipinski definition) is 1. The number of amides is 1. The molecule has 1 N–H and O–H groups in total. The highest BCUT2D eigenvalue weighted by Gasteiger charge is 2.18. The van der Waals surface area contributed by atoms with Gasteiger partial charge in [0.15, 0.2) is 0 Å². The van der Waals surface area contributed by atoms with Crippen LogP contribution >= 0.6 is 0 Å². The molecule has 4 nitrogen and oxygen atoms in total. The monoisotopic (exact) mass is 277 g/mol. The molecule has 2 rings (SSSR count). The first kappa shape index (κ1) is 13.9. The molecule has 1 aromatic heterocycles. The fourth-order valence-electron chi connectivity index (χ4n) is 1.81. The van der Waals surface area contributed by atoms with Crippen LogP contribution in [0.4, 0.5) is 20.2 Å². The molecule has 0 aliphatic rings. The Morgan fingerprint density at radius 2 is 1.75 bits per heavy atom. The van der Waals surface area contributed by atoms with E-state index in [2.05, 4.69) is 10.3 Å². The van der Waals surface area contributed by atoms with Crippen molar-refractivity contribution >= 4 is 17.3 Å². The lowest BCUT2D eigenvalue weighted by molar-refractivity contribution is 0.0992. The number of aromatic nitrogens is 1. The number of halogens is 2. The second kappa shape index (κ2) is 5.64. The van der Waals surface area contributed by atoms with Gasteiger partial charge in [-0.15, -0.1) is 0 Å². The number of carbonyl (C=O) groups is 1. The van der Waals surface area contributed by atoms with Crippen LogP contribution in [0.5, 0.6) is 0 Å². The largest absolute Gasteiger partial charge is 0.383 e. The fraction of sp³-hybridized carbons (Fsp3) is 0.143. The van der Waals surface area contributed by atoms with E-state index in [1.807, 2.05) is 0 Å². The average Bonchev–Trinajstić information content (AvgIpc) is 2.46. The van der Waals surface area contributed by atoms with E-state index in [1.165, 1.54) is 31.4 Å². The van der Waals surface area contributed by atoms with Gasteiger partial charge in [-0.1, -0.05) is 0 Å². The summed E-state index contributed by atoms with van der Waals surface area (Å²) in [5, 5.41) is 2.41. The van der Waals surface area contributed by atoms with Crippen LogP contribution in [0.15, 0.2) is 36.7 Å². The summed E-state index contributed by atoms with van der Waals surface area (Å²) in [6.07, 6.45) is 3.06. The SMILES string of the molecule is CNc1c(F)cc(C(=O)N(C)c2ccncc2)cc1F. The Morgan fingerprint density at radius 1 is 1.20 bits per heavy atom. The molecule has 1 aromatic carbocycles. The van der Waals surface area contributed by atoms with Gasteiger partial charge in [-0.3, -0.25) is 9.78 Å². The molecule has 0 fully saturated rings. The van der Waals surface area contributed by atoms with Crippen molar-refractivity contribution in [1.82, 2.24) is 4.98 Å². The lowest BCUT2D eigenvalue weighted by Gasteiger charge is -2.17. The molecular formula is C14H13F2N3O. The number of hydrogen-bond acceptors (Lipinski definition) is 3. The highest BCUT2D eigenvalue weighted by molar-refractivity contribution is 6.05. The summed E-state index contributed by atoms with van der Waals surface area (Å²) in [5.41, 5.74) is 0.273. The summed E-state index contributed by atoms with van der Waals surface area (Å²) < 4.78 is 27.3. The van der Waals surface area contributed by atoms with Crippen molar-refractivity contribution in [2.24, 2.45) is 0 Å². The molecule has 0 aliphatic carbocycles. The van der Waals surface area contributed by atoms with E-state index in [1.54, 1.807) is 12.1 Å². The van der Waals surface area contributed by atoms with Gasteiger partial charge < -0.3 is 10.2 Å². The van der Waals surface area contributed by atoms with Gasteiger partial charge in [0.2, 0.25) is 0 Å². The molecule has 104 valence electrons. The lowest BCUT2D eigenvalue weighted by Crippen LogP contribution is -2.26.